The van der Waals surface area contributed by atoms with Gasteiger partial charge in [0.1, 0.15) is 23.0 Å². The number of halogens is 3. The molecule has 0 fully saturated rings. The number of ether oxygens (including phenoxy) is 3. The van der Waals surface area contributed by atoms with Gasteiger partial charge >= 0.3 is 12.3 Å². The number of hydrogen-bond acceptors (Lipinski definition) is 4. The number of carbonyl (C=O) groups is 1. The Morgan fingerprint density at radius 3 is 2.23 bits per heavy atom. The van der Waals surface area contributed by atoms with Crippen molar-refractivity contribution in [2.75, 3.05) is 6.61 Å². The van der Waals surface area contributed by atoms with Crippen molar-refractivity contribution >= 4 is 5.97 Å². The third-order valence-electron chi connectivity index (χ3n) is 4.10. The molecule has 3 aromatic carbocycles. The Hall–Kier alpha value is -3.68. The molecule has 162 valence electrons. The first-order valence-electron chi connectivity index (χ1n) is 9.34. The van der Waals surface area contributed by atoms with Crippen LogP contribution in [0.2, 0.25) is 0 Å². The number of rotatable bonds is 8. The van der Waals surface area contributed by atoms with Crippen LogP contribution in [0.15, 0.2) is 66.7 Å². The Balaban J connectivity index is 1.82. The Morgan fingerprint density at radius 1 is 0.871 bits per heavy atom. The van der Waals surface area contributed by atoms with Gasteiger partial charge in [-0.25, -0.2) is 0 Å². The maximum Gasteiger partial charge on any atom is 0.573 e. The number of alkyl halides is 3. The zero-order valence-electron chi connectivity index (χ0n) is 16.5. The molecule has 0 aromatic heterocycles. The lowest BCUT2D eigenvalue weighted by molar-refractivity contribution is -0.274. The summed E-state index contributed by atoms with van der Waals surface area (Å²) in [7, 11) is 0. The largest absolute Gasteiger partial charge is 0.573 e. The number of carboxylic acid groups (broad SMARTS) is 1. The van der Waals surface area contributed by atoms with Gasteiger partial charge in [0.15, 0.2) is 0 Å². The lowest BCUT2D eigenvalue weighted by Crippen LogP contribution is -2.16. The van der Waals surface area contributed by atoms with E-state index in [9.17, 15) is 18.0 Å². The minimum Gasteiger partial charge on any atom is -0.494 e. The maximum absolute atomic E-state index is 12.3. The van der Waals surface area contributed by atoms with E-state index in [-0.39, 0.29) is 12.2 Å². The average Bonchev–Trinajstić information content (AvgIpc) is 2.67. The highest BCUT2D eigenvalue weighted by molar-refractivity contribution is 5.71. The zero-order chi connectivity index (χ0) is 22.4. The van der Waals surface area contributed by atoms with Crippen LogP contribution < -0.4 is 14.2 Å². The van der Waals surface area contributed by atoms with Crippen molar-refractivity contribution in [3.05, 3.63) is 72.3 Å². The molecule has 3 aromatic rings. The minimum absolute atomic E-state index is 0.177. The lowest BCUT2D eigenvalue weighted by Gasteiger charge is -2.12. The van der Waals surface area contributed by atoms with E-state index in [1.807, 2.05) is 6.92 Å². The Morgan fingerprint density at radius 2 is 1.58 bits per heavy atom. The van der Waals surface area contributed by atoms with Crippen LogP contribution in [0.25, 0.3) is 11.1 Å². The van der Waals surface area contributed by atoms with Crippen LogP contribution in [0.1, 0.15) is 12.5 Å². The monoisotopic (exact) mass is 432 g/mol. The number of aliphatic carboxylic acids is 1. The highest BCUT2D eigenvalue weighted by atomic mass is 19.4. The Kier molecular flexibility index (Phi) is 6.69. The highest BCUT2D eigenvalue weighted by Gasteiger charge is 2.30. The molecule has 0 heterocycles. The molecule has 3 rings (SSSR count). The van der Waals surface area contributed by atoms with Gasteiger partial charge in [-0.15, -0.1) is 13.2 Å². The van der Waals surface area contributed by atoms with Crippen molar-refractivity contribution in [3.63, 3.8) is 0 Å². The summed E-state index contributed by atoms with van der Waals surface area (Å²) in [5.41, 5.74) is 1.93. The van der Waals surface area contributed by atoms with Crippen LogP contribution in [-0.4, -0.2) is 24.0 Å². The topological polar surface area (TPSA) is 65.0 Å². The molecule has 0 amide bonds. The first-order valence-corrected chi connectivity index (χ1v) is 9.34. The molecular formula is C23H19F3O5. The van der Waals surface area contributed by atoms with E-state index in [0.29, 0.717) is 35.0 Å². The third kappa shape index (κ3) is 6.67. The van der Waals surface area contributed by atoms with Crippen LogP contribution in [0, 0.1) is 0 Å². The second kappa shape index (κ2) is 9.42. The molecule has 0 aliphatic rings. The van der Waals surface area contributed by atoms with Crippen LogP contribution in [0.5, 0.6) is 23.0 Å². The van der Waals surface area contributed by atoms with Gasteiger partial charge in [-0.05, 0) is 60.0 Å². The predicted octanol–water partition coefficient (Wildman–Crippen LogP) is 6.07. The van der Waals surface area contributed by atoms with E-state index >= 15 is 0 Å². The smallest absolute Gasteiger partial charge is 0.494 e. The van der Waals surface area contributed by atoms with Gasteiger partial charge in [-0.1, -0.05) is 24.3 Å². The van der Waals surface area contributed by atoms with Gasteiger partial charge in [0.2, 0.25) is 0 Å². The second-order valence-corrected chi connectivity index (χ2v) is 6.52. The van der Waals surface area contributed by atoms with Gasteiger partial charge in [0.25, 0.3) is 0 Å². The molecule has 0 saturated heterocycles. The van der Waals surface area contributed by atoms with Crippen molar-refractivity contribution in [1.82, 2.24) is 0 Å². The molecule has 0 bridgehead atoms. The molecule has 5 nitrogen and oxygen atoms in total. The summed E-state index contributed by atoms with van der Waals surface area (Å²) < 4.78 is 52.2. The lowest BCUT2D eigenvalue weighted by atomic mass is 10.1. The molecule has 31 heavy (non-hydrogen) atoms. The molecule has 1 N–H and O–H groups in total. The van der Waals surface area contributed by atoms with Gasteiger partial charge in [-0.2, -0.15) is 0 Å². The standard InChI is InChI=1S/C23H19F3O5/c1-2-29-20-10-15(12-22(27)28)11-21(14-20)30-19-5-3-4-17(13-19)16-6-8-18(9-7-16)31-23(24,25)26/h3-11,13-14H,2,12H2,1H3,(H,27,28). The molecule has 0 aliphatic carbocycles. The van der Waals surface area contributed by atoms with E-state index in [0.717, 1.165) is 5.56 Å². The van der Waals surface area contributed by atoms with Crippen LogP contribution in [0.3, 0.4) is 0 Å². The normalized spacial score (nSPS) is 11.1. The predicted molar refractivity (Wildman–Crippen MR) is 108 cm³/mol. The van der Waals surface area contributed by atoms with Crippen LogP contribution in [-0.2, 0) is 11.2 Å². The molecule has 0 unspecified atom stereocenters. The highest BCUT2D eigenvalue weighted by Crippen LogP contribution is 2.32. The summed E-state index contributed by atoms with van der Waals surface area (Å²) in [4.78, 5) is 11.1. The van der Waals surface area contributed by atoms with Crippen molar-refractivity contribution in [1.29, 1.82) is 0 Å². The van der Waals surface area contributed by atoms with Crippen molar-refractivity contribution < 1.29 is 37.3 Å². The van der Waals surface area contributed by atoms with Gasteiger partial charge in [0.05, 0.1) is 13.0 Å². The van der Waals surface area contributed by atoms with E-state index in [1.165, 1.54) is 24.3 Å². The second-order valence-electron chi connectivity index (χ2n) is 6.52. The van der Waals surface area contributed by atoms with E-state index in [4.69, 9.17) is 14.6 Å². The number of carboxylic acids is 1. The Labute approximate surface area is 176 Å². The van der Waals surface area contributed by atoms with Crippen LogP contribution in [0.4, 0.5) is 13.2 Å². The third-order valence-corrected chi connectivity index (χ3v) is 4.10. The molecule has 0 spiro atoms. The van der Waals surface area contributed by atoms with Gasteiger partial charge in [0, 0.05) is 6.07 Å². The fraction of sp³-hybridized carbons (Fsp3) is 0.174. The molecule has 0 atom stereocenters. The fourth-order valence-electron chi connectivity index (χ4n) is 2.94. The quantitative estimate of drug-likeness (QED) is 0.468. The summed E-state index contributed by atoms with van der Waals surface area (Å²) in [6.07, 6.45) is -4.92. The van der Waals surface area contributed by atoms with Crippen molar-refractivity contribution in [2.24, 2.45) is 0 Å². The minimum atomic E-state index is -4.75. The summed E-state index contributed by atoms with van der Waals surface area (Å²) in [6.45, 7) is 2.23. The van der Waals surface area contributed by atoms with Gasteiger partial charge in [-0.3, -0.25) is 4.79 Å². The number of hydrogen-bond donors (Lipinski definition) is 1. The molecule has 0 radical (unpaired) electrons. The van der Waals surface area contributed by atoms with Gasteiger partial charge < -0.3 is 19.3 Å². The van der Waals surface area contributed by atoms with E-state index in [1.54, 1.807) is 42.5 Å². The molecule has 8 heteroatoms. The van der Waals surface area contributed by atoms with E-state index in [2.05, 4.69) is 4.74 Å². The van der Waals surface area contributed by atoms with Crippen molar-refractivity contribution in [3.8, 4) is 34.1 Å². The van der Waals surface area contributed by atoms with E-state index < -0.39 is 12.3 Å². The summed E-state index contributed by atoms with van der Waals surface area (Å²) in [5, 5.41) is 9.06. The zero-order valence-corrected chi connectivity index (χ0v) is 16.5. The molecule has 0 aliphatic heterocycles. The average molecular weight is 432 g/mol. The first-order chi connectivity index (χ1) is 14.7. The summed E-state index contributed by atoms with van der Waals surface area (Å²) >= 11 is 0. The summed E-state index contributed by atoms with van der Waals surface area (Å²) in [6, 6.07) is 17.4. The summed E-state index contributed by atoms with van der Waals surface area (Å²) in [5.74, 6) is 0.103. The molecule has 0 saturated carbocycles. The van der Waals surface area contributed by atoms with Crippen molar-refractivity contribution in [2.45, 2.75) is 19.7 Å². The fourth-order valence-corrected chi connectivity index (χ4v) is 2.94. The Bertz CT molecular complexity index is 1050. The SMILES string of the molecule is CCOc1cc(CC(=O)O)cc(Oc2cccc(-c3ccc(OC(F)(F)F)cc3)c2)c1. The van der Waals surface area contributed by atoms with Crippen LogP contribution >= 0.6 is 0 Å². The first kappa shape index (κ1) is 22.0. The molecular weight excluding hydrogens is 413 g/mol. The number of benzene rings is 3. The maximum atomic E-state index is 12.3.